The quantitative estimate of drug-likeness (QED) is 0.424. The lowest BCUT2D eigenvalue weighted by molar-refractivity contribution is 0.560. The Kier molecular flexibility index (Phi) is 6.73. The summed E-state index contributed by atoms with van der Waals surface area (Å²) in [6.07, 6.45) is 2.66. The van der Waals surface area contributed by atoms with Crippen LogP contribution in [-0.2, 0) is 25.8 Å². The largest absolute Gasteiger partial charge is 0.245 e. The minimum atomic E-state index is 0.548. The zero-order valence-corrected chi connectivity index (χ0v) is 19.3. The molecule has 7 heteroatoms. The van der Waals surface area contributed by atoms with Gasteiger partial charge in [-0.05, 0) is 40.2 Å². The molecular weight excluding hydrogens is 398 g/mol. The van der Waals surface area contributed by atoms with Crippen LogP contribution in [0.1, 0.15) is 56.0 Å². The van der Waals surface area contributed by atoms with Gasteiger partial charge in [0.15, 0.2) is 5.82 Å². The highest BCUT2D eigenvalue weighted by Crippen LogP contribution is 2.22. The van der Waals surface area contributed by atoms with Crippen molar-refractivity contribution in [2.24, 2.45) is 11.8 Å². The van der Waals surface area contributed by atoms with E-state index in [2.05, 4.69) is 83.3 Å². The molecule has 0 aliphatic heterocycles. The van der Waals surface area contributed by atoms with Crippen LogP contribution < -0.4 is 0 Å². The molecule has 0 saturated heterocycles. The molecule has 0 spiro atoms. The number of rotatable bonds is 9. The highest BCUT2D eigenvalue weighted by atomic mass is 15.5. The molecular formula is C25H31N7. The van der Waals surface area contributed by atoms with Gasteiger partial charge in [0.2, 0.25) is 5.82 Å². The summed E-state index contributed by atoms with van der Waals surface area (Å²) in [4.78, 5) is 4.83. The average molecular weight is 430 g/mol. The Labute approximate surface area is 189 Å². The van der Waals surface area contributed by atoms with Gasteiger partial charge in [0.25, 0.3) is 0 Å². The first-order valence-electron chi connectivity index (χ1n) is 11.3. The first kappa shape index (κ1) is 21.9. The van der Waals surface area contributed by atoms with E-state index in [1.165, 1.54) is 16.7 Å². The van der Waals surface area contributed by atoms with Gasteiger partial charge in [-0.2, -0.15) is 10.3 Å². The van der Waals surface area contributed by atoms with Crippen LogP contribution in [0, 0.1) is 11.8 Å². The molecule has 7 nitrogen and oxygen atoms in total. The van der Waals surface area contributed by atoms with Crippen LogP contribution in [0.3, 0.4) is 0 Å². The number of H-pyrrole nitrogens is 1. The summed E-state index contributed by atoms with van der Waals surface area (Å²) in [6, 6.07) is 17.0. The van der Waals surface area contributed by atoms with Gasteiger partial charge in [-0.25, -0.2) is 9.67 Å². The maximum Gasteiger partial charge on any atom is 0.204 e. The lowest BCUT2D eigenvalue weighted by Gasteiger charge is -2.10. The number of tetrazole rings is 1. The first-order valence-corrected chi connectivity index (χ1v) is 11.3. The summed E-state index contributed by atoms with van der Waals surface area (Å²) in [5.74, 6) is 3.75. The van der Waals surface area contributed by atoms with E-state index in [-0.39, 0.29) is 0 Å². The van der Waals surface area contributed by atoms with Crippen LogP contribution in [-0.4, -0.2) is 35.4 Å². The summed E-state index contributed by atoms with van der Waals surface area (Å²) in [5.41, 5.74) is 4.65. The Morgan fingerprint density at radius 1 is 0.875 bits per heavy atom. The Hall–Kier alpha value is -3.35. The van der Waals surface area contributed by atoms with E-state index < -0.39 is 0 Å². The number of nitrogens with one attached hydrogen (secondary N) is 1. The summed E-state index contributed by atoms with van der Waals surface area (Å²) in [7, 11) is 0. The fraction of sp³-hybridized carbons (Fsp3) is 0.400. The molecule has 1 N–H and O–H groups in total. The van der Waals surface area contributed by atoms with Gasteiger partial charge < -0.3 is 0 Å². The molecule has 32 heavy (non-hydrogen) atoms. The van der Waals surface area contributed by atoms with Crippen molar-refractivity contribution in [1.82, 2.24) is 35.4 Å². The standard InChI is InChI=1S/C25H31N7/c1-17(2)13-23-26-24(14-18(3)4)32(29-23)16-20-11-9-19(10-12-20)15-21-7-5-6-8-22(21)25-27-30-31-28-25/h5-12,17-18H,13-16H2,1-4H3,(H,27,28,30,31). The van der Waals surface area contributed by atoms with Crippen LogP contribution in [0.2, 0.25) is 0 Å². The molecule has 2 heterocycles. The average Bonchev–Trinajstić information content (AvgIpc) is 3.40. The molecule has 166 valence electrons. The summed E-state index contributed by atoms with van der Waals surface area (Å²) in [6.45, 7) is 9.61. The summed E-state index contributed by atoms with van der Waals surface area (Å²) in [5, 5.41) is 19.3. The van der Waals surface area contributed by atoms with E-state index in [0.29, 0.717) is 17.7 Å². The SMILES string of the molecule is CC(C)Cc1nc(CC(C)C)n(Cc2ccc(Cc3ccccc3-c3nn[nH]n3)cc2)n1. The van der Waals surface area contributed by atoms with E-state index in [1.54, 1.807) is 0 Å². The zero-order chi connectivity index (χ0) is 22.5. The third-order valence-electron chi connectivity index (χ3n) is 5.33. The van der Waals surface area contributed by atoms with Gasteiger partial charge in [-0.3, -0.25) is 0 Å². The lowest BCUT2D eigenvalue weighted by Crippen LogP contribution is -2.09. The van der Waals surface area contributed by atoms with E-state index in [9.17, 15) is 0 Å². The van der Waals surface area contributed by atoms with Crippen molar-refractivity contribution in [1.29, 1.82) is 0 Å². The van der Waals surface area contributed by atoms with Gasteiger partial charge in [0, 0.05) is 18.4 Å². The molecule has 0 amide bonds. The molecule has 0 bridgehead atoms. The van der Waals surface area contributed by atoms with Crippen LogP contribution in [0.15, 0.2) is 48.5 Å². The van der Waals surface area contributed by atoms with Crippen LogP contribution in [0.4, 0.5) is 0 Å². The van der Waals surface area contributed by atoms with Gasteiger partial charge in [0.05, 0.1) is 6.54 Å². The number of hydrogen-bond acceptors (Lipinski definition) is 5. The Bertz CT molecular complexity index is 1130. The summed E-state index contributed by atoms with van der Waals surface area (Å²) >= 11 is 0. The van der Waals surface area contributed by atoms with Crippen LogP contribution in [0.5, 0.6) is 0 Å². The number of aromatic nitrogens is 7. The predicted molar refractivity (Wildman–Crippen MR) is 125 cm³/mol. The van der Waals surface area contributed by atoms with Crippen molar-refractivity contribution in [2.75, 3.05) is 0 Å². The second kappa shape index (κ2) is 9.85. The fourth-order valence-corrected chi connectivity index (χ4v) is 3.84. The molecule has 0 saturated carbocycles. The summed E-state index contributed by atoms with van der Waals surface area (Å²) < 4.78 is 2.08. The first-order chi connectivity index (χ1) is 15.5. The van der Waals surface area contributed by atoms with Crippen molar-refractivity contribution in [3.8, 4) is 11.4 Å². The second-order valence-electron chi connectivity index (χ2n) is 9.18. The van der Waals surface area contributed by atoms with Crippen molar-refractivity contribution >= 4 is 0 Å². The van der Waals surface area contributed by atoms with Crippen LogP contribution >= 0.6 is 0 Å². The number of aromatic amines is 1. The molecule has 0 unspecified atom stereocenters. The van der Waals surface area contributed by atoms with E-state index in [0.717, 1.165) is 43.0 Å². The third-order valence-corrected chi connectivity index (χ3v) is 5.33. The second-order valence-corrected chi connectivity index (χ2v) is 9.18. The monoisotopic (exact) mass is 429 g/mol. The smallest absolute Gasteiger partial charge is 0.204 e. The highest BCUT2D eigenvalue weighted by Gasteiger charge is 2.14. The van der Waals surface area contributed by atoms with Crippen LogP contribution in [0.25, 0.3) is 11.4 Å². The van der Waals surface area contributed by atoms with E-state index >= 15 is 0 Å². The predicted octanol–water partition coefficient (Wildman–Crippen LogP) is 4.49. The van der Waals surface area contributed by atoms with Crippen molar-refractivity contribution in [3.63, 3.8) is 0 Å². The molecule has 0 radical (unpaired) electrons. The molecule has 2 aromatic heterocycles. The number of benzene rings is 2. The highest BCUT2D eigenvalue weighted by molar-refractivity contribution is 5.60. The minimum absolute atomic E-state index is 0.548. The van der Waals surface area contributed by atoms with Gasteiger partial charge in [-0.1, -0.05) is 76.2 Å². The Balaban J connectivity index is 1.50. The lowest BCUT2D eigenvalue weighted by atomic mass is 9.98. The van der Waals surface area contributed by atoms with Gasteiger partial charge in [0.1, 0.15) is 5.82 Å². The number of hydrogen-bond donors (Lipinski definition) is 1. The fourth-order valence-electron chi connectivity index (χ4n) is 3.84. The number of nitrogens with zero attached hydrogens (tertiary/aromatic N) is 6. The van der Waals surface area contributed by atoms with Gasteiger partial charge >= 0.3 is 0 Å². The van der Waals surface area contributed by atoms with Crippen molar-refractivity contribution in [3.05, 3.63) is 76.9 Å². The molecule has 2 aromatic carbocycles. The van der Waals surface area contributed by atoms with Gasteiger partial charge in [-0.15, -0.1) is 10.2 Å². The minimum Gasteiger partial charge on any atom is -0.245 e. The zero-order valence-electron chi connectivity index (χ0n) is 19.3. The molecule has 0 fully saturated rings. The Morgan fingerprint density at radius 2 is 1.59 bits per heavy atom. The molecule has 0 atom stereocenters. The maximum atomic E-state index is 4.83. The Morgan fingerprint density at radius 3 is 2.28 bits per heavy atom. The normalized spacial score (nSPS) is 11.6. The van der Waals surface area contributed by atoms with Crippen molar-refractivity contribution in [2.45, 2.75) is 53.5 Å². The third kappa shape index (κ3) is 5.46. The molecule has 0 aliphatic carbocycles. The molecule has 0 aliphatic rings. The van der Waals surface area contributed by atoms with E-state index in [1.807, 2.05) is 18.2 Å². The molecule has 4 rings (SSSR count). The molecule has 4 aromatic rings. The van der Waals surface area contributed by atoms with E-state index in [4.69, 9.17) is 10.1 Å². The maximum absolute atomic E-state index is 4.83. The van der Waals surface area contributed by atoms with Crippen molar-refractivity contribution < 1.29 is 0 Å². The topological polar surface area (TPSA) is 85.2 Å².